The second-order valence-corrected chi connectivity index (χ2v) is 13.6. The molecule has 0 saturated carbocycles. The summed E-state index contributed by atoms with van der Waals surface area (Å²) >= 11 is 0. The summed E-state index contributed by atoms with van der Waals surface area (Å²) in [6.07, 6.45) is 40.4. The fourth-order valence-corrected chi connectivity index (χ4v) is 6.17. The highest BCUT2D eigenvalue weighted by Gasteiger charge is 2.19. The van der Waals surface area contributed by atoms with Crippen molar-refractivity contribution >= 4 is 11.8 Å². The average molecular weight is 622 g/mol. The average Bonchev–Trinajstić information content (AvgIpc) is 3.02. The summed E-state index contributed by atoms with van der Waals surface area (Å²) in [4.78, 5) is 25.3. The first-order chi connectivity index (χ1) is 21.7. The molecular formula is C39H79N3O2. The molecule has 44 heavy (non-hydrogen) atoms. The minimum absolute atomic E-state index is 0.00748. The van der Waals surface area contributed by atoms with Gasteiger partial charge in [-0.15, -0.1) is 0 Å². The third-order valence-electron chi connectivity index (χ3n) is 9.19. The van der Waals surface area contributed by atoms with E-state index in [4.69, 9.17) is 5.73 Å². The van der Waals surface area contributed by atoms with E-state index < -0.39 is 6.04 Å². The molecule has 0 aromatic carbocycles. The molecule has 0 aliphatic rings. The van der Waals surface area contributed by atoms with Crippen LogP contribution in [0.5, 0.6) is 0 Å². The molecule has 0 aromatic rings. The minimum Gasteiger partial charge on any atom is -0.354 e. The van der Waals surface area contributed by atoms with E-state index in [1.54, 1.807) is 0 Å². The molecule has 0 aromatic heterocycles. The number of rotatable bonds is 36. The first-order valence-electron chi connectivity index (χ1n) is 19.9. The number of unbranched alkanes of at least 4 members (excludes halogenated alkanes) is 27. The lowest BCUT2D eigenvalue weighted by Gasteiger charge is -2.18. The molecule has 0 unspecified atom stereocenters. The Morgan fingerprint density at radius 1 is 0.477 bits per heavy atom. The van der Waals surface area contributed by atoms with Gasteiger partial charge in [0.25, 0.3) is 0 Å². The van der Waals surface area contributed by atoms with Crippen LogP contribution in [0.4, 0.5) is 0 Å². The number of nitrogens with two attached hydrogens (primary N) is 1. The molecule has 0 spiro atoms. The molecule has 0 rings (SSSR count). The summed E-state index contributed by atoms with van der Waals surface area (Å²) in [5.41, 5.74) is 5.69. The summed E-state index contributed by atoms with van der Waals surface area (Å²) in [6.45, 7) is 5.79. The van der Waals surface area contributed by atoms with Crippen molar-refractivity contribution in [2.24, 2.45) is 5.73 Å². The topological polar surface area (TPSA) is 84.2 Å². The summed E-state index contributed by atoms with van der Waals surface area (Å²) in [6, 6.07) is -0.450. The van der Waals surface area contributed by atoms with Gasteiger partial charge in [0.1, 0.15) is 6.04 Å². The normalized spacial score (nSPS) is 12.0. The van der Waals surface area contributed by atoms with Crippen molar-refractivity contribution < 1.29 is 9.59 Å². The van der Waals surface area contributed by atoms with Crippen molar-refractivity contribution in [2.45, 2.75) is 225 Å². The maximum Gasteiger partial charge on any atom is 0.242 e. The van der Waals surface area contributed by atoms with Crippen molar-refractivity contribution in [3.63, 3.8) is 0 Å². The number of hydrogen-bond donors (Lipinski definition) is 3. The maximum atomic E-state index is 12.7. The Hall–Kier alpha value is -1.10. The zero-order valence-corrected chi connectivity index (χ0v) is 30.0. The second kappa shape index (κ2) is 36.4. The SMILES string of the molecule is CCCCCCCCCCCCCCCCCCCCCC(=O)N[C@@H](CCCN)C(=O)NCCCCCCCCCCCC. The van der Waals surface area contributed by atoms with Gasteiger partial charge in [-0.05, 0) is 32.2 Å². The molecule has 5 nitrogen and oxygen atoms in total. The third kappa shape index (κ3) is 32.3. The third-order valence-corrected chi connectivity index (χ3v) is 9.19. The lowest BCUT2D eigenvalue weighted by molar-refractivity contribution is -0.129. The van der Waals surface area contributed by atoms with Gasteiger partial charge in [0, 0.05) is 13.0 Å². The summed E-state index contributed by atoms with van der Waals surface area (Å²) in [5.74, 6) is -0.0380. The molecule has 0 heterocycles. The molecule has 4 N–H and O–H groups in total. The van der Waals surface area contributed by atoms with Crippen LogP contribution in [0, 0.1) is 0 Å². The Bertz CT molecular complexity index is 598. The van der Waals surface area contributed by atoms with Crippen LogP contribution >= 0.6 is 0 Å². The van der Waals surface area contributed by atoms with Crippen molar-refractivity contribution in [2.75, 3.05) is 13.1 Å². The first-order valence-corrected chi connectivity index (χ1v) is 19.9. The zero-order chi connectivity index (χ0) is 32.2. The first kappa shape index (κ1) is 42.9. The molecule has 0 aliphatic heterocycles. The standard InChI is InChI=1S/C39H79N3O2/c1-3-5-7-9-11-13-15-16-17-18-19-20-21-22-23-24-26-28-30-34-38(43)42-37(33-32-35-40)39(44)41-36-31-29-27-25-14-12-10-8-6-4-2/h37H,3-36,40H2,1-2H3,(H,41,44)(H,42,43)/t37-/m0/s1. The number of carbonyl (C=O) groups is 2. The van der Waals surface area contributed by atoms with Crippen LogP contribution in [-0.2, 0) is 9.59 Å². The van der Waals surface area contributed by atoms with Crippen LogP contribution in [0.15, 0.2) is 0 Å². The van der Waals surface area contributed by atoms with Gasteiger partial charge in [-0.2, -0.15) is 0 Å². The molecule has 0 radical (unpaired) electrons. The Morgan fingerprint density at radius 3 is 1.18 bits per heavy atom. The van der Waals surface area contributed by atoms with Gasteiger partial charge in [0.15, 0.2) is 0 Å². The van der Waals surface area contributed by atoms with Crippen LogP contribution in [0.25, 0.3) is 0 Å². The van der Waals surface area contributed by atoms with E-state index in [1.165, 1.54) is 161 Å². The van der Waals surface area contributed by atoms with E-state index >= 15 is 0 Å². The lowest BCUT2D eigenvalue weighted by atomic mass is 10.0. The number of amides is 2. The van der Waals surface area contributed by atoms with Crippen LogP contribution in [-0.4, -0.2) is 30.9 Å². The molecule has 5 heteroatoms. The molecule has 1 atom stereocenters. The quantitative estimate of drug-likeness (QED) is 0.0608. The highest BCUT2D eigenvalue weighted by Crippen LogP contribution is 2.15. The fraction of sp³-hybridized carbons (Fsp3) is 0.949. The molecule has 2 amide bonds. The van der Waals surface area contributed by atoms with Gasteiger partial charge in [0.05, 0.1) is 0 Å². The highest BCUT2D eigenvalue weighted by molar-refractivity contribution is 5.87. The van der Waals surface area contributed by atoms with Crippen LogP contribution in [0.1, 0.15) is 219 Å². The Labute approximate surface area is 275 Å². The zero-order valence-electron chi connectivity index (χ0n) is 30.0. The van der Waals surface area contributed by atoms with Gasteiger partial charge >= 0.3 is 0 Å². The minimum atomic E-state index is -0.450. The Balaban J connectivity index is 3.67. The molecular weight excluding hydrogens is 542 g/mol. The van der Waals surface area contributed by atoms with E-state index in [0.29, 0.717) is 25.9 Å². The van der Waals surface area contributed by atoms with Gasteiger partial charge < -0.3 is 16.4 Å². The van der Waals surface area contributed by atoms with E-state index in [2.05, 4.69) is 24.5 Å². The molecule has 0 bridgehead atoms. The van der Waals surface area contributed by atoms with Gasteiger partial charge in [-0.25, -0.2) is 0 Å². The monoisotopic (exact) mass is 622 g/mol. The summed E-state index contributed by atoms with van der Waals surface area (Å²) < 4.78 is 0. The number of hydrogen-bond acceptors (Lipinski definition) is 3. The van der Waals surface area contributed by atoms with Crippen molar-refractivity contribution in [3.05, 3.63) is 0 Å². The predicted molar refractivity (Wildman–Crippen MR) is 193 cm³/mol. The highest BCUT2D eigenvalue weighted by atomic mass is 16.2. The van der Waals surface area contributed by atoms with Gasteiger partial charge in [-0.1, -0.05) is 187 Å². The van der Waals surface area contributed by atoms with Crippen molar-refractivity contribution in [1.29, 1.82) is 0 Å². The summed E-state index contributed by atoms with van der Waals surface area (Å²) in [7, 11) is 0. The molecule has 262 valence electrons. The molecule has 0 fully saturated rings. The van der Waals surface area contributed by atoms with Gasteiger partial charge in [0.2, 0.25) is 11.8 Å². The molecule has 0 saturated heterocycles. The fourth-order valence-electron chi connectivity index (χ4n) is 6.17. The largest absolute Gasteiger partial charge is 0.354 e. The van der Waals surface area contributed by atoms with E-state index in [1.807, 2.05) is 0 Å². The van der Waals surface area contributed by atoms with E-state index in [9.17, 15) is 9.59 Å². The van der Waals surface area contributed by atoms with Crippen molar-refractivity contribution in [1.82, 2.24) is 10.6 Å². The van der Waals surface area contributed by atoms with Crippen molar-refractivity contribution in [3.8, 4) is 0 Å². The lowest BCUT2D eigenvalue weighted by Crippen LogP contribution is -2.47. The predicted octanol–water partition coefficient (Wildman–Crippen LogP) is 11.1. The number of nitrogens with one attached hydrogen (secondary N) is 2. The molecule has 0 aliphatic carbocycles. The van der Waals surface area contributed by atoms with E-state index in [0.717, 1.165) is 32.1 Å². The Kier molecular flexibility index (Phi) is 35.5. The summed E-state index contributed by atoms with van der Waals surface area (Å²) in [5, 5.41) is 6.05. The maximum absolute atomic E-state index is 12.7. The Morgan fingerprint density at radius 2 is 0.818 bits per heavy atom. The van der Waals surface area contributed by atoms with E-state index in [-0.39, 0.29) is 11.8 Å². The van der Waals surface area contributed by atoms with Crippen LogP contribution in [0.3, 0.4) is 0 Å². The van der Waals surface area contributed by atoms with Crippen LogP contribution in [0.2, 0.25) is 0 Å². The van der Waals surface area contributed by atoms with Gasteiger partial charge in [-0.3, -0.25) is 9.59 Å². The smallest absolute Gasteiger partial charge is 0.242 e. The second-order valence-electron chi connectivity index (χ2n) is 13.6. The number of carbonyl (C=O) groups excluding carboxylic acids is 2. The van der Waals surface area contributed by atoms with Crippen LogP contribution < -0.4 is 16.4 Å².